The molecule has 1 aromatic heterocycles. The average molecular weight is 138 g/mol. The number of thiophene rings is 1. The molecule has 0 unspecified atom stereocenters. The molecule has 2 radical (unpaired) electrons. The van der Waals surface area contributed by atoms with E-state index in [-0.39, 0.29) is 4.88 Å². The number of hydrogen-bond acceptors (Lipinski definition) is 2. The molecule has 0 aliphatic rings. The van der Waals surface area contributed by atoms with Crippen LogP contribution in [0.5, 0.6) is 0 Å². The average Bonchev–Trinajstić information content (AvgIpc) is 2.13. The fraction of sp³-hybridized carbons (Fsp3) is 0. The predicted octanol–water partition coefficient (Wildman–Crippen LogP) is 0.240. The summed E-state index contributed by atoms with van der Waals surface area (Å²) in [7, 11) is 5.27. The van der Waals surface area contributed by atoms with Crippen molar-refractivity contribution < 1.29 is 9.90 Å². The smallest absolute Gasteiger partial charge is 0.345 e. The lowest BCUT2D eigenvalue weighted by Crippen LogP contribution is -2.09. The molecule has 0 fully saturated rings. The van der Waals surface area contributed by atoms with Crippen molar-refractivity contribution in [3.63, 3.8) is 0 Å². The first-order valence-electron chi connectivity index (χ1n) is 2.28. The summed E-state index contributed by atoms with van der Waals surface area (Å²) < 4.78 is 0. The van der Waals surface area contributed by atoms with Crippen molar-refractivity contribution in [2.75, 3.05) is 0 Å². The first kappa shape index (κ1) is 6.36. The Morgan fingerprint density at radius 3 is 2.67 bits per heavy atom. The van der Waals surface area contributed by atoms with E-state index in [9.17, 15) is 4.79 Å². The number of carboxylic acid groups (broad SMARTS) is 1. The molecule has 0 amide bonds. The Morgan fingerprint density at radius 2 is 2.44 bits per heavy atom. The lowest BCUT2D eigenvalue weighted by molar-refractivity contribution is 0.0703. The van der Waals surface area contributed by atoms with Crippen LogP contribution in [0.4, 0.5) is 0 Å². The minimum atomic E-state index is -0.956. The quantitative estimate of drug-likeness (QED) is 0.564. The lowest BCUT2D eigenvalue weighted by Gasteiger charge is -1.86. The molecule has 0 aromatic carbocycles. The van der Waals surface area contributed by atoms with E-state index in [1.165, 1.54) is 0 Å². The van der Waals surface area contributed by atoms with Gasteiger partial charge in [-0.1, -0.05) is 11.5 Å². The lowest BCUT2D eigenvalue weighted by atomic mass is 9.97. The van der Waals surface area contributed by atoms with Crippen LogP contribution in [0.25, 0.3) is 0 Å². The van der Waals surface area contributed by atoms with Crippen molar-refractivity contribution in [3.8, 4) is 0 Å². The van der Waals surface area contributed by atoms with Crippen LogP contribution in [-0.2, 0) is 0 Å². The molecule has 4 heteroatoms. The monoisotopic (exact) mass is 138 g/mol. The second-order valence-corrected chi connectivity index (χ2v) is 2.43. The highest BCUT2D eigenvalue weighted by molar-refractivity contribution is 7.13. The van der Waals surface area contributed by atoms with Gasteiger partial charge in [-0.2, -0.15) is 0 Å². The normalized spacial score (nSPS) is 9.33. The summed E-state index contributed by atoms with van der Waals surface area (Å²) in [5.41, 5.74) is 0.340. The molecule has 0 atom stereocenters. The fourth-order valence-electron chi connectivity index (χ4n) is 0.493. The first-order chi connectivity index (χ1) is 4.22. The molecule has 0 spiro atoms. The fourth-order valence-corrected chi connectivity index (χ4v) is 1.15. The van der Waals surface area contributed by atoms with Crippen LogP contribution < -0.4 is 5.46 Å². The van der Waals surface area contributed by atoms with Gasteiger partial charge in [0.15, 0.2) is 0 Å². The van der Waals surface area contributed by atoms with Crippen LogP contribution in [0.3, 0.4) is 0 Å². The molecule has 1 rings (SSSR count). The molecule has 0 aliphatic carbocycles. The number of rotatable bonds is 1. The van der Waals surface area contributed by atoms with Crippen LogP contribution in [0.1, 0.15) is 9.67 Å². The highest BCUT2D eigenvalue weighted by atomic mass is 32.1. The second kappa shape index (κ2) is 2.23. The third kappa shape index (κ3) is 1.13. The third-order valence-electron chi connectivity index (χ3n) is 0.890. The van der Waals surface area contributed by atoms with Crippen molar-refractivity contribution in [3.05, 3.63) is 16.3 Å². The zero-order chi connectivity index (χ0) is 6.85. The van der Waals surface area contributed by atoms with Gasteiger partial charge in [0.1, 0.15) is 12.7 Å². The summed E-state index contributed by atoms with van der Waals surface area (Å²) >= 11 is 1.13. The van der Waals surface area contributed by atoms with Crippen molar-refractivity contribution >= 4 is 30.6 Å². The van der Waals surface area contributed by atoms with Gasteiger partial charge in [0.25, 0.3) is 0 Å². The Hall–Kier alpha value is -0.765. The molecule has 2 nitrogen and oxygen atoms in total. The standard InChI is InChI=1S/C5H3BO2S/c6-3-1-2-9-4(3)5(7)8/h1-2H,(H,7,8). The molecule has 44 valence electrons. The maximum absolute atomic E-state index is 10.2. The maximum Gasteiger partial charge on any atom is 0.345 e. The van der Waals surface area contributed by atoms with Crippen LogP contribution in [-0.4, -0.2) is 18.9 Å². The molecule has 0 bridgehead atoms. The highest BCUT2D eigenvalue weighted by Crippen LogP contribution is 2.03. The molecule has 1 aromatic rings. The SMILES string of the molecule is [B]c1ccsc1C(=O)O. The van der Waals surface area contributed by atoms with E-state index < -0.39 is 5.97 Å². The van der Waals surface area contributed by atoms with Gasteiger partial charge in [0.05, 0.1) is 0 Å². The molecule has 1 N–H and O–H groups in total. The Kier molecular flexibility index (Phi) is 1.57. The topological polar surface area (TPSA) is 37.3 Å². The predicted molar refractivity (Wildman–Crippen MR) is 36.7 cm³/mol. The van der Waals surface area contributed by atoms with Crippen LogP contribution >= 0.6 is 11.3 Å². The van der Waals surface area contributed by atoms with Crippen molar-refractivity contribution in [1.82, 2.24) is 0 Å². The molecule has 0 aliphatic heterocycles. The van der Waals surface area contributed by atoms with Gasteiger partial charge in [-0.3, -0.25) is 0 Å². The van der Waals surface area contributed by atoms with Crippen molar-refractivity contribution in [2.24, 2.45) is 0 Å². The third-order valence-corrected chi connectivity index (χ3v) is 1.81. The van der Waals surface area contributed by atoms with Gasteiger partial charge in [-0.25, -0.2) is 4.79 Å². The summed E-state index contributed by atoms with van der Waals surface area (Å²) in [4.78, 5) is 10.4. The van der Waals surface area contributed by atoms with Gasteiger partial charge < -0.3 is 5.11 Å². The van der Waals surface area contributed by atoms with E-state index in [2.05, 4.69) is 0 Å². The number of carbonyl (C=O) groups is 1. The molecule has 1 heterocycles. The van der Waals surface area contributed by atoms with Gasteiger partial charge in [0, 0.05) is 0 Å². The molecule has 0 saturated carbocycles. The van der Waals surface area contributed by atoms with Crippen LogP contribution in [0.2, 0.25) is 0 Å². The zero-order valence-electron chi connectivity index (χ0n) is 4.50. The molecule has 0 saturated heterocycles. The Labute approximate surface area is 57.5 Å². The van der Waals surface area contributed by atoms with E-state index >= 15 is 0 Å². The first-order valence-corrected chi connectivity index (χ1v) is 3.16. The molecular formula is C5H3BO2S. The van der Waals surface area contributed by atoms with Crippen molar-refractivity contribution in [1.29, 1.82) is 0 Å². The second-order valence-electron chi connectivity index (χ2n) is 1.51. The van der Waals surface area contributed by atoms with Crippen LogP contribution in [0, 0.1) is 0 Å². The maximum atomic E-state index is 10.2. The van der Waals surface area contributed by atoms with E-state index in [0.717, 1.165) is 11.3 Å². The summed E-state index contributed by atoms with van der Waals surface area (Å²) in [5, 5.41) is 10.0. The Bertz CT molecular complexity index is 231. The number of hydrogen-bond donors (Lipinski definition) is 1. The number of carboxylic acids is 1. The van der Waals surface area contributed by atoms with E-state index in [1.54, 1.807) is 11.4 Å². The van der Waals surface area contributed by atoms with E-state index in [4.69, 9.17) is 13.0 Å². The van der Waals surface area contributed by atoms with E-state index in [1.807, 2.05) is 0 Å². The summed E-state index contributed by atoms with van der Waals surface area (Å²) in [5.74, 6) is -0.956. The summed E-state index contributed by atoms with van der Waals surface area (Å²) in [6.45, 7) is 0. The highest BCUT2D eigenvalue weighted by Gasteiger charge is 2.05. The van der Waals surface area contributed by atoms with E-state index in [0.29, 0.717) is 5.46 Å². The van der Waals surface area contributed by atoms with Gasteiger partial charge >= 0.3 is 5.97 Å². The van der Waals surface area contributed by atoms with Gasteiger partial charge in [0.2, 0.25) is 0 Å². The minimum Gasteiger partial charge on any atom is -0.477 e. The molecule has 9 heavy (non-hydrogen) atoms. The molecular weight excluding hydrogens is 135 g/mol. The Morgan fingerprint density at radius 1 is 1.78 bits per heavy atom. The van der Waals surface area contributed by atoms with Crippen LogP contribution in [0.15, 0.2) is 11.4 Å². The summed E-state index contributed by atoms with van der Waals surface area (Å²) in [6.07, 6.45) is 0. The van der Waals surface area contributed by atoms with Gasteiger partial charge in [-0.05, 0) is 5.38 Å². The number of aromatic carboxylic acids is 1. The zero-order valence-corrected chi connectivity index (χ0v) is 5.31. The Balaban J connectivity index is 3.08. The minimum absolute atomic E-state index is 0.218. The largest absolute Gasteiger partial charge is 0.477 e. The summed E-state index contributed by atoms with van der Waals surface area (Å²) in [6, 6.07) is 1.58. The van der Waals surface area contributed by atoms with Gasteiger partial charge in [-0.15, -0.1) is 11.3 Å². The van der Waals surface area contributed by atoms with Crippen molar-refractivity contribution in [2.45, 2.75) is 0 Å².